The molecule has 0 aliphatic carbocycles. The van der Waals surface area contributed by atoms with E-state index in [2.05, 4.69) is 26.0 Å². The lowest BCUT2D eigenvalue weighted by Crippen LogP contribution is -2.29. The van der Waals surface area contributed by atoms with Crippen molar-refractivity contribution in [3.8, 4) is 11.1 Å². The Morgan fingerprint density at radius 3 is 2.06 bits per heavy atom. The average molecular weight is 226 g/mol. The summed E-state index contributed by atoms with van der Waals surface area (Å²) in [5.74, 6) is 0. The minimum Gasteiger partial charge on any atom is -0.423 e. The Hall–Kier alpha value is -1.58. The van der Waals surface area contributed by atoms with E-state index in [1.165, 1.54) is 11.1 Å². The maximum absolute atomic E-state index is 9.19. The normalized spacial score (nSPS) is 10.4. The van der Waals surface area contributed by atoms with Crippen LogP contribution in [0.4, 0.5) is 0 Å². The van der Waals surface area contributed by atoms with E-state index in [0.717, 1.165) is 11.1 Å². The van der Waals surface area contributed by atoms with Crippen molar-refractivity contribution in [3.63, 3.8) is 0 Å². The molecule has 0 fully saturated rings. The van der Waals surface area contributed by atoms with Gasteiger partial charge in [0.2, 0.25) is 0 Å². The SMILES string of the molecule is Cc1cccc(C)c1-c1cccc(B(O)O)c1. The first-order valence-corrected chi connectivity index (χ1v) is 5.62. The molecule has 0 aliphatic rings. The summed E-state index contributed by atoms with van der Waals surface area (Å²) in [6.45, 7) is 4.12. The molecule has 0 saturated heterocycles. The van der Waals surface area contributed by atoms with E-state index in [9.17, 15) is 10.0 Å². The van der Waals surface area contributed by atoms with Crippen molar-refractivity contribution in [2.24, 2.45) is 0 Å². The Balaban J connectivity index is 2.57. The van der Waals surface area contributed by atoms with Crippen molar-refractivity contribution in [2.45, 2.75) is 13.8 Å². The Labute approximate surface area is 102 Å². The van der Waals surface area contributed by atoms with Crippen LogP contribution < -0.4 is 5.46 Å². The summed E-state index contributed by atoms with van der Waals surface area (Å²) in [6.07, 6.45) is 0. The van der Waals surface area contributed by atoms with Crippen molar-refractivity contribution < 1.29 is 10.0 Å². The molecule has 0 saturated carbocycles. The fourth-order valence-electron chi connectivity index (χ4n) is 2.12. The van der Waals surface area contributed by atoms with Crippen LogP contribution in [0.25, 0.3) is 11.1 Å². The fourth-order valence-corrected chi connectivity index (χ4v) is 2.12. The van der Waals surface area contributed by atoms with Crippen LogP contribution in [0.15, 0.2) is 42.5 Å². The molecule has 3 heteroatoms. The molecule has 0 bridgehead atoms. The standard InChI is InChI=1S/C14H15BO2/c1-10-5-3-6-11(2)14(10)12-7-4-8-13(9-12)15(16)17/h3-9,16-17H,1-2H3. The van der Waals surface area contributed by atoms with Crippen molar-refractivity contribution in [3.05, 3.63) is 53.6 Å². The van der Waals surface area contributed by atoms with Gasteiger partial charge in [-0.1, -0.05) is 42.5 Å². The molecule has 17 heavy (non-hydrogen) atoms. The molecule has 0 aromatic heterocycles. The average Bonchev–Trinajstić information content (AvgIpc) is 2.29. The second kappa shape index (κ2) is 4.74. The van der Waals surface area contributed by atoms with Crippen molar-refractivity contribution in [2.75, 3.05) is 0 Å². The molecule has 0 amide bonds. The van der Waals surface area contributed by atoms with E-state index in [1.807, 2.05) is 24.3 Å². The highest BCUT2D eigenvalue weighted by Gasteiger charge is 2.12. The van der Waals surface area contributed by atoms with Gasteiger partial charge >= 0.3 is 7.12 Å². The topological polar surface area (TPSA) is 40.5 Å². The lowest BCUT2D eigenvalue weighted by atomic mass is 9.78. The van der Waals surface area contributed by atoms with Crippen molar-refractivity contribution >= 4 is 12.6 Å². The second-order valence-electron chi connectivity index (χ2n) is 4.27. The van der Waals surface area contributed by atoms with Crippen LogP contribution >= 0.6 is 0 Å². The summed E-state index contributed by atoms with van der Waals surface area (Å²) >= 11 is 0. The first-order valence-electron chi connectivity index (χ1n) is 5.62. The highest BCUT2D eigenvalue weighted by molar-refractivity contribution is 6.58. The quantitative estimate of drug-likeness (QED) is 0.764. The number of benzene rings is 2. The summed E-state index contributed by atoms with van der Waals surface area (Å²) < 4.78 is 0. The minimum atomic E-state index is -1.42. The Morgan fingerprint density at radius 2 is 1.47 bits per heavy atom. The van der Waals surface area contributed by atoms with Gasteiger partial charge in [-0.05, 0) is 41.6 Å². The maximum Gasteiger partial charge on any atom is 0.488 e. The van der Waals surface area contributed by atoms with Crippen LogP contribution in [0.1, 0.15) is 11.1 Å². The smallest absolute Gasteiger partial charge is 0.423 e. The molecule has 0 aliphatic heterocycles. The number of aryl methyl sites for hydroxylation is 2. The monoisotopic (exact) mass is 226 g/mol. The largest absolute Gasteiger partial charge is 0.488 e. The van der Waals surface area contributed by atoms with Crippen molar-refractivity contribution in [1.29, 1.82) is 0 Å². The zero-order chi connectivity index (χ0) is 12.4. The molecule has 0 heterocycles. The lowest BCUT2D eigenvalue weighted by molar-refractivity contribution is 0.426. The van der Waals surface area contributed by atoms with Gasteiger partial charge in [-0.2, -0.15) is 0 Å². The second-order valence-corrected chi connectivity index (χ2v) is 4.27. The molecule has 0 spiro atoms. The third kappa shape index (κ3) is 2.41. The summed E-state index contributed by atoms with van der Waals surface area (Å²) in [6, 6.07) is 13.5. The molecular formula is C14H15BO2. The predicted octanol–water partition coefficient (Wildman–Crippen LogP) is 1.65. The van der Waals surface area contributed by atoms with Crippen molar-refractivity contribution in [1.82, 2.24) is 0 Å². The Morgan fingerprint density at radius 1 is 0.882 bits per heavy atom. The van der Waals surface area contributed by atoms with Crippen LogP contribution in [0.2, 0.25) is 0 Å². The Bertz CT molecular complexity index is 515. The van der Waals surface area contributed by atoms with E-state index < -0.39 is 7.12 Å². The summed E-state index contributed by atoms with van der Waals surface area (Å²) in [7, 11) is -1.42. The summed E-state index contributed by atoms with van der Waals surface area (Å²) in [5.41, 5.74) is 5.08. The van der Waals surface area contributed by atoms with Gasteiger partial charge in [0.1, 0.15) is 0 Å². The molecule has 2 rings (SSSR count). The number of hydrogen-bond donors (Lipinski definition) is 2. The van der Waals surface area contributed by atoms with Gasteiger partial charge in [0.25, 0.3) is 0 Å². The molecule has 86 valence electrons. The van der Waals surface area contributed by atoms with Gasteiger partial charge in [-0.25, -0.2) is 0 Å². The first kappa shape index (κ1) is 11.9. The van der Waals surface area contributed by atoms with E-state index >= 15 is 0 Å². The van der Waals surface area contributed by atoms with E-state index in [0.29, 0.717) is 5.46 Å². The number of rotatable bonds is 2. The highest BCUT2D eigenvalue weighted by Crippen LogP contribution is 2.26. The summed E-state index contributed by atoms with van der Waals surface area (Å²) in [4.78, 5) is 0. The molecule has 2 nitrogen and oxygen atoms in total. The van der Waals surface area contributed by atoms with Gasteiger partial charge in [-0.3, -0.25) is 0 Å². The zero-order valence-corrected chi connectivity index (χ0v) is 10.0. The zero-order valence-electron chi connectivity index (χ0n) is 10.0. The van der Waals surface area contributed by atoms with Gasteiger partial charge in [-0.15, -0.1) is 0 Å². The Kier molecular flexibility index (Phi) is 3.32. The van der Waals surface area contributed by atoms with Crippen LogP contribution in [-0.2, 0) is 0 Å². The molecule has 0 radical (unpaired) electrons. The highest BCUT2D eigenvalue weighted by atomic mass is 16.4. The van der Waals surface area contributed by atoms with E-state index in [4.69, 9.17) is 0 Å². The van der Waals surface area contributed by atoms with Gasteiger partial charge in [0, 0.05) is 0 Å². The van der Waals surface area contributed by atoms with E-state index in [-0.39, 0.29) is 0 Å². The molecule has 0 atom stereocenters. The third-order valence-electron chi connectivity index (χ3n) is 2.95. The van der Waals surface area contributed by atoms with Crippen LogP contribution in [0, 0.1) is 13.8 Å². The van der Waals surface area contributed by atoms with Gasteiger partial charge in [0.15, 0.2) is 0 Å². The van der Waals surface area contributed by atoms with Gasteiger partial charge in [0.05, 0.1) is 0 Å². The molecule has 2 N–H and O–H groups in total. The van der Waals surface area contributed by atoms with Gasteiger partial charge < -0.3 is 10.0 Å². The maximum atomic E-state index is 9.19. The molecule has 2 aromatic carbocycles. The van der Waals surface area contributed by atoms with Crippen LogP contribution in [0.3, 0.4) is 0 Å². The molecular weight excluding hydrogens is 211 g/mol. The third-order valence-corrected chi connectivity index (χ3v) is 2.95. The van der Waals surface area contributed by atoms with E-state index in [1.54, 1.807) is 6.07 Å². The first-order chi connectivity index (χ1) is 8.09. The number of hydrogen-bond acceptors (Lipinski definition) is 2. The molecule has 0 unspecified atom stereocenters. The minimum absolute atomic E-state index is 0.519. The molecule has 2 aromatic rings. The van der Waals surface area contributed by atoms with Crippen LogP contribution in [-0.4, -0.2) is 17.2 Å². The predicted molar refractivity (Wildman–Crippen MR) is 71.2 cm³/mol. The summed E-state index contributed by atoms with van der Waals surface area (Å²) in [5, 5.41) is 18.4. The van der Waals surface area contributed by atoms with Crippen LogP contribution in [0.5, 0.6) is 0 Å². The fraction of sp³-hybridized carbons (Fsp3) is 0.143. The lowest BCUT2D eigenvalue weighted by Gasteiger charge is -2.11.